The number of nitrogens with zero attached hydrogens (tertiary/aromatic N) is 4. The molecular weight excluding hydrogens is 248 g/mol. The van der Waals surface area contributed by atoms with Crippen LogP contribution in [0.1, 0.15) is 75.9 Å². The highest BCUT2D eigenvalue weighted by Gasteiger charge is 2.28. The highest BCUT2D eigenvalue weighted by molar-refractivity contribution is 5.09. The van der Waals surface area contributed by atoms with E-state index in [1.165, 1.54) is 76.7 Å². The maximum atomic E-state index is 4.36. The van der Waals surface area contributed by atoms with Crippen molar-refractivity contribution in [3.63, 3.8) is 0 Å². The topological polar surface area (TPSA) is 34.0 Å². The third-order valence-corrected chi connectivity index (χ3v) is 4.78. The monoisotopic (exact) mass is 276 g/mol. The molecule has 0 N–H and O–H groups in total. The predicted molar refractivity (Wildman–Crippen MR) is 80.9 cm³/mol. The highest BCUT2D eigenvalue weighted by Crippen LogP contribution is 2.39. The van der Waals surface area contributed by atoms with Gasteiger partial charge in [0, 0.05) is 25.2 Å². The van der Waals surface area contributed by atoms with Gasteiger partial charge in [-0.1, -0.05) is 31.4 Å². The molecule has 20 heavy (non-hydrogen) atoms. The first kappa shape index (κ1) is 14.1. The van der Waals surface area contributed by atoms with Gasteiger partial charge in [0.05, 0.1) is 11.7 Å². The van der Waals surface area contributed by atoms with Crippen molar-refractivity contribution >= 4 is 0 Å². The molecular formula is C16H28N4. The highest BCUT2D eigenvalue weighted by atomic mass is 15.4. The van der Waals surface area contributed by atoms with E-state index in [1.54, 1.807) is 0 Å². The molecule has 1 aliphatic heterocycles. The number of aromatic nitrogens is 3. The lowest BCUT2D eigenvalue weighted by molar-refractivity contribution is 0.176. The Hall–Kier alpha value is -0.900. The van der Waals surface area contributed by atoms with Crippen molar-refractivity contribution in [2.24, 2.45) is 0 Å². The number of hydrogen-bond acceptors (Lipinski definition) is 3. The SMILES string of the molecule is CCCCCCN1CCC(n2cc(C3CC3)nn2)CC1. The molecule has 0 spiro atoms. The second-order valence-electron chi connectivity index (χ2n) is 6.53. The number of hydrogen-bond donors (Lipinski definition) is 0. The van der Waals surface area contributed by atoms with Gasteiger partial charge in [-0.05, 0) is 38.6 Å². The van der Waals surface area contributed by atoms with Crippen LogP contribution in [0.4, 0.5) is 0 Å². The molecule has 2 heterocycles. The van der Waals surface area contributed by atoms with E-state index in [-0.39, 0.29) is 0 Å². The van der Waals surface area contributed by atoms with Crippen molar-refractivity contribution in [3.8, 4) is 0 Å². The van der Waals surface area contributed by atoms with Crippen molar-refractivity contribution in [2.45, 2.75) is 70.3 Å². The second kappa shape index (κ2) is 6.70. The van der Waals surface area contributed by atoms with Gasteiger partial charge in [-0.2, -0.15) is 0 Å². The molecule has 0 atom stereocenters. The van der Waals surface area contributed by atoms with Gasteiger partial charge in [0.2, 0.25) is 0 Å². The Labute approximate surface area is 122 Å². The lowest BCUT2D eigenvalue weighted by Crippen LogP contribution is -2.35. The van der Waals surface area contributed by atoms with E-state index < -0.39 is 0 Å². The van der Waals surface area contributed by atoms with Crippen LogP contribution in [0.15, 0.2) is 6.20 Å². The lowest BCUT2D eigenvalue weighted by Gasteiger charge is -2.31. The molecule has 112 valence electrons. The molecule has 3 rings (SSSR count). The summed E-state index contributed by atoms with van der Waals surface area (Å²) in [5.74, 6) is 0.724. The zero-order chi connectivity index (χ0) is 13.8. The molecule has 2 fully saturated rings. The van der Waals surface area contributed by atoms with Crippen molar-refractivity contribution in [1.82, 2.24) is 19.9 Å². The molecule has 1 aromatic heterocycles. The number of piperidine rings is 1. The largest absolute Gasteiger partial charge is 0.303 e. The maximum Gasteiger partial charge on any atom is 0.0858 e. The predicted octanol–water partition coefficient (Wildman–Crippen LogP) is 3.37. The van der Waals surface area contributed by atoms with E-state index in [0.717, 1.165) is 5.92 Å². The van der Waals surface area contributed by atoms with Gasteiger partial charge in [0.25, 0.3) is 0 Å². The van der Waals surface area contributed by atoms with Gasteiger partial charge < -0.3 is 4.90 Å². The summed E-state index contributed by atoms with van der Waals surface area (Å²) < 4.78 is 2.14. The molecule has 4 heteroatoms. The smallest absolute Gasteiger partial charge is 0.0858 e. The van der Waals surface area contributed by atoms with Crippen molar-refractivity contribution in [1.29, 1.82) is 0 Å². The first-order chi connectivity index (χ1) is 9.86. The zero-order valence-corrected chi connectivity index (χ0v) is 12.8. The van der Waals surface area contributed by atoms with Gasteiger partial charge in [0.15, 0.2) is 0 Å². The summed E-state index contributed by atoms with van der Waals surface area (Å²) in [6.07, 6.45) is 12.8. The molecule has 0 aromatic carbocycles. The fourth-order valence-corrected chi connectivity index (χ4v) is 3.20. The quantitative estimate of drug-likeness (QED) is 0.716. The van der Waals surface area contributed by atoms with Crippen LogP contribution in [-0.4, -0.2) is 39.5 Å². The molecule has 0 amide bonds. The van der Waals surface area contributed by atoms with Crippen molar-refractivity contribution in [2.75, 3.05) is 19.6 Å². The van der Waals surface area contributed by atoms with E-state index in [1.807, 2.05) is 0 Å². The first-order valence-electron chi connectivity index (χ1n) is 8.51. The first-order valence-corrected chi connectivity index (χ1v) is 8.51. The van der Waals surface area contributed by atoms with E-state index >= 15 is 0 Å². The Morgan fingerprint density at radius 2 is 1.90 bits per heavy atom. The standard InChI is InChI=1S/C16H28N4/c1-2-3-4-5-10-19-11-8-15(9-12-19)20-13-16(17-18-20)14-6-7-14/h13-15H,2-12H2,1H3. The average molecular weight is 276 g/mol. The van der Waals surface area contributed by atoms with Crippen molar-refractivity contribution < 1.29 is 0 Å². The van der Waals surface area contributed by atoms with Gasteiger partial charge in [0.1, 0.15) is 0 Å². The fraction of sp³-hybridized carbons (Fsp3) is 0.875. The third-order valence-electron chi connectivity index (χ3n) is 4.78. The molecule has 0 bridgehead atoms. The lowest BCUT2D eigenvalue weighted by atomic mass is 10.0. The summed E-state index contributed by atoms with van der Waals surface area (Å²) in [5.41, 5.74) is 1.23. The Morgan fingerprint density at radius 3 is 2.60 bits per heavy atom. The minimum absolute atomic E-state index is 0.585. The van der Waals surface area contributed by atoms with E-state index in [9.17, 15) is 0 Å². The van der Waals surface area contributed by atoms with Crippen LogP contribution in [-0.2, 0) is 0 Å². The number of likely N-dealkylation sites (tertiary alicyclic amines) is 1. The van der Waals surface area contributed by atoms with Crippen LogP contribution in [0.3, 0.4) is 0 Å². The van der Waals surface area contributed by atoms with E-state index in [2.05, 4.69) is 33.0 Å². The summed E-state index contributed by atoms with van der Waals surface area (Å²) in [6.45, 7) is 6.03. The van der Waals surface area contributed by atoms with Crippen LogP contribution in [0.2, 0.25) is 0 Å². The van der Waals surface area contributed by atoms with Gasteiger partial charge >= 0.3 is 0 Å². The summed E-state index contributed by atoms with van der Waals surface area (Å²) in [4.78, 5) is 2.63. The van der Waals surface area contributed by atoms with Crippen LogP contribution < -0.4 is 0 Å². The van der Waals surface area contributed by atoms with Crippen LogP contribution in [0, 0.1) is 0 Å². The molecule has 4 nitrogen and oxygen atoms in total. The van der Waals surface area contributed by atoms with Crippen LogP contribution in [0.5, 0.6) is 0 Å². The van der Waals surface area contributed by atoms with E-state index in [4.69, 9.17) is 0 Å². The van der Waals surface area contributed by atoms with Gasteiger partial charge in [-0.15, -0.1) is 5.10 Å². The normalized spacial score (nSPS) is 21.4. The van der Waals surface area contributed by atoms with Crippen LogP contribution >= 0.6 is 0 Å². The van der Waals surface area contributed by atoms with Crippen molar-refractivity contribution in [3.05, 3.63) is 11.9 Å². The second-order valence-corrected chi connectivity index (χ2v) is 6.53. The average Bonchev–Trinajstić information content (AvgIpc) is 3.22. The molecule has 0 radical (unpaired) electrons. The van der Waals surface area contributed by atoms with E-state index in [0.29, 0.717) is 6.04 Å². The Morgan fingerprint density at radius 1 is 1.10 bits per heavy atom. The number of rotatable bonds is 7. The third kappa shape index (κ3) is 3.60. The zero-order valence-electron chi connectivity index (χ0n) is 12.8. The molecule has 0 unspecified atom stereocenters. The fourth-order valence-electron chi connectivity index (χ4n) is 3.20. The summed E-state index contributed by atoms with van der Waals surface area (Å²) in [5, 5.41) is 8.70. The van der Waals surface area contributed by atoms with Crippen LogP contribution in [0.25, 0.3) is 0 Å². The number of unbranched alkanes of at least 4 members (excludes halogenated alkanes) is 3. The molecule has 1 saturated carbocycles. The Balaban J connectivity index is 1.41. The maximum absolute atomic E-state index is 4.36. The minimum Gasteiger partial charge on any atom is -0.303 e. The summed E-state index contributed by atoms with van der Waals surface area (Å²) in [7, 11) is 0. The summed E-state index contributed by atoms with van der Waals surface area (Å²) >= 11 is 0. The molecule has 1 aromatic rings. The van der Waals surface area contributed by atoms with Gasteiger partial charge in [-0.25, -0.2) is 4.68 Å². The minimum atomic E-state index is 0.585. The summed E-state index contributed by atoms with van der Waals surface area (Å²) in [6, 6.07) is 0.585. The Kier molecular flexibility index (Phi) is 4.71. The molecule has 1 aliphatic carbocycles. The Bertz CT molecular complexity index is 402. The molecule has 1 saturated heterocycles. The van der Waals surface area contributed by atoms with Gasteiger partial charge in [-0.3, -0.25) is 0 Å². The molecule has 2 aliphatic rings.